The van der Waals surface area contributed by atoms with Crippen LogP contribution in [0.5, 0.6) is 0 Å². The number of carbonyl (C=O) groups is 2. The smallest absolute Gasteiger partial charge is 0.291 e. The summed E-state index contributed by atoms with van der Waals surface area (Å²) in [4.78, 5) is 37.5. The van der Waals surface area contributed by atoms with E-state index in [9.17, 15) is 9.59 Å². The standard InChI is InChI=1S/C28H33N7O2/c1-33-24-18-22(35-16-15-34-13-11-21(35)12-14-34)9-7-20(24)8-10-23(28(33)37)29-27(36)26-30-25(31-32-26)17-19-5-3-2-4-6-19/h2-7,9,18,21,23H,8,10-17H2,1H3,(H,29,36)(H,30,31,32)/t23-/m0/s1. The molecule has 3 fully saturated rings. The van der Waals surface area contributed by atoms with E-state index in [0.29, 0.717) is 31.1 Å². The summed E-state index contributed by atoms with van der Waals surface area (Å²) < 4.78 is 0. The maximum atomic E-state index is 13.4. The number of piperidine rings is 1. The van der Waals surface area contributed by atoms with E-state index in [4.69, 9.17) is 0 Å². The summed E-state index contributed by atoms with van der Waals surface area (Å²) in [6, 6.07) is 16.3. The van der Waals surface area contributed by atoms with E-state index in [1.165, 1.54) is 31.6 Å². The summed E-state index contributed by atoms with van der Waals surface area (Å²) in [5, 5.41) is 9.82. The molecule has 1 aromatic heterocycles. The molecule has 0 radical (unpaired) electrons. The zero-order chi connectivity index (χ0) is 25.4. The lowest BCUT2D eigenvalue weighted by Gasteiger charge is -2.33. The van der Waals surface area contributed by atoms with Crippen molar-refractivity contribution in [2.24, 2.45) is 0 Å². The van der Waals surface area contributed by atoms with Gasteiger partial charge in [-0.2, -0.15) is 0 Å². The predicted octanol–water partition coefficient (Wildman–Crippen LogP) is 2.39. The fourth-order valence-electron chi connectivity index (χ4n) is 5.88. The number of aryl methyl sites for hydroxylation is 1. The molecule has 2 N–H and O–H groups in total. The Kier molecular flexibility index (Phi) is 6.38. The van der Waals surface area contributed by atoms with Gasteiger partial charge in [-0.15, -0.1) is 5.10 Å². The van der Waals surface area contributed by atoms with E-state index >= 15 is 0 Å². The number of hydrogen-bond donors (Lipinski definition) is 2. The molecule has 2 amide bonds. The van der Waals surface area contributed by atoms with E-state index < -0.39 is 11.9 Å². The molecule has 37 heavy (non-hydrogen) atoms. The monoisotopic (exact) mass is 499 g/mol. The Balaban J connectivity index is 1.15. The van der Waals surface area contributed by atoms with Crippen molar-refractivity contribution < 1.29 is 9.59 Å². The topological polar surface area (TPSA) is 97.5 Å². The zero-order valence-electron chi connectivity index (χ0n) is 21.2. The third-order valence-corrected chi connectivity index (χ3v) is 8.00. The van der Waals surface area contributed by atoms with Crippen LogP contribution in [0, 0.1) is 0 Å². The van der Waals surface area contributed by atoms with Crippen LogP contribution < -0.4 is 15.1 Å². The van der Waals surface area contributed by atoms with Crippen LogP contribution in [0.1, 0.15) is 46.8 Å². The number of likely N-dealkylation sites (N-methyl/N-ethyl adjacent to an activating group) is 1. The maximum Gasteiger partial charge on any atom is 0.291 e. The molecule has 192 valence electrons. The second-order valence-corrected chi connectivity index (χ2v) is 10.3. The van der Waals surface area contributed by atoms with Crippen molar-refractivity contribution in [1.82, 2.24) is 25.4 Å². The summed E-state index contributed by atoms with van der Waals surface area (Å²) in [5.41, 5.74) is 4.32. The van der Waals surface area contributed by atoms with Gasteiger partial charge in [0.05, 0.1) is 0 Å². The Labute approximate surface area is 216 Å². The molecule has 9 heteroatoms. The van der Waals surface area contributed by atoms with E-state index in [1.54, 1.807) is 11.9 Å². The van der Waals surface area contributed by atoms with Crippen molar-refractivity contribution in [2.45, 2.75) is 44.2 Å². The van der Waals surface area contributed by atoms with Gasteiger partial charge in [0.25, 0.3) is 5.91 Å². The summed E-state index contributed by atoms with van der Waals surface area (Å²) in [6.07, 6.45) is 4.17. The van der Waals surface area contributed by atoms with Crippen LogP contribution >= 0.6 is 0 Å². The van der Waals surface area contributed by atoms with Crippen molar-refractivity contribution in [1.29, 1.82) is 0 Å². The minimum Gasteiger partial charge on any atom is -0.367 e. The third-order valence-electron chi connectivity index (χ3n) is 8.00. The molecule has 9 nitrogen and oxygen atoms in total. The number of aromatic nitrogens is 3. The number of fused-ring (bicyclic) bond motifs is 5. The Hall–Kier alpha value is -3.72. The second kappa shape index (κ2) is 9.97. The van der Waals surface area contributed by atoms with Crippen LogP contribution in [0.3, 0.4) is 0 Å². The van der Waals surface area contributed by atoms with Crippen molar-refractivity contribution in [3.8, 4) is 0 Å². The number of hydrogen-bond acceptors (Lipinski definition) is 6. The molecule has 4 aliphatic heterocycles. The van der Waals surface area contributed by atoms with Crippen LogP contribution in [-0.4, -0.2) is 77.2 Å². The zero-order valence-corrected chi connectivity index (χ0v) is 21.2. The van der Waals surface area contributed by atoms with Crippen molar-refractivity contribution in [3.63, 3.8) is 0 Å². The number of rotatable bonds is 5. The van der Waals surface area contributed by atoms with E-state index in [-0.39, 0.29) is 11.7 Å². The normalized spacial score (nSPS) is 23.4. The molecule has 4 aliphatic rings. The van der Waals surface area contributed by atoms with Crippen LogP contribution in [0.4, 0.5) is 11.4 Å². The molecule has 2 bridgehead atoms. The fourth-order valence-corrected chi connectivity index (χ4v) is 5.88. The summed E-state index contributed by atoms with van der Waals surface area (Å²) in [7, 11) is 1.81. The number of anilines is 2. The van der Waals surface area contributed by atoms with Crippen LogP contribution in [0.25, 0.3) is 0 Å². The van der Waals surface area contributed by atoms with Crippen LogP contribution in [0.2, 0.25) is 0 Å². The highest BCUT2D eigenvalue weighted by molar-refractivity contribution is 6.02. The number of nitrogens with one attached hydrogen (secondary N) is 2. The van der Waals surface area contributed by atoms with Gasteiger partial charge in [-0.3, -0.25) is 14.7 Å². The lowest BCUT2D eigenvalue weighted by Crippen LogP contribution is -2.47. The van der Waals surface area contributed by atoms with Crippen molar-refractivity contribution in [2.75, 3.05) is 43.0 Å². The molecular formula is C28H33N7O2. The number of benzene rings is 2. The maximum absolute atomic E-state index is 13.4. The number of H-pyrrole nitrogens is 1. The number of aromatic amines is 1. The summed E-state index contributed by atoms with van der Waals surface area (Å²) >= 11 is 0. The largest absolute Gasteiger partial charge is 0.367 e. The SMILES string of the molecule is CN1C(=O)[C@@H](NC(=O)c2n[nH]c(Cc3ccccc3)n2)CCc2ccc(N3CCN4CCC3CC4)cc21. The highest BCUT2D eigenvalue weighted by atomic mass is 16.2. The number of carbonyl (C=O) groups excluding carboxylic acids is 2. The molecule has 1 atom stereocenters. The molecule has 3 aromatic rings. The number of amides is 2. The summed E-state index contributed by atoms with van der Waals surface area (Å²) in [6.45, 7) is 4.45. The van der Waals surface area contributed by atoms with Crippen molar-refractivity contribution >= 4 is 23.2 Å². The van der Waals surface area contributed by atoms with Crippen molar-refractivity contribution in [3.05, 3.63) is 71.3 Å². The van der Waals surface area contributed by atoms with Gasteiger partial charge in [0, 0.05) is 57.1 Å². The first-order valence-electron chi connectivity index (χ1n) is 13.2. The fraction of sp³-hybridized carbons (Fsp3) is 0.429. The van der Waals surface area contributed by atoms with Gasteiger partial charge < -0.3 is 20.0 Å². The van der Waals surface area contributed by atoms with Gasteiger partial charge in [0.1, 0.15) is 11.9 Å². The van der Waals surface area contributed by atoms with Gasteiger partial charge in [-0.25, -0.2) is 4.98 Å². The van der Waals surface area contributed by atoms with Gasteiger partial charge in [-0.05, 0) is 48.9 Å². The molecular weight excluding hydrogens is 466 g/mol. The Morgan fingerprint density at radius 1 is 1.05 bits per heavy atom. The highest BCUT2D eigenvalue weighted by Gasteiger charge is 2.33. The molecule has 2 aromatic carbocycles. The quantitative estimate of drug-likeness (QED) is 0.560. The first-order valence-corrected chi connectivity index (χ1v) is 13.2. The molecule has 3 saturated heterocycles. The van der Waals surface area contributed by atoms with Gasteiger partial charge in [0.15, 0.2) is 0 Å². The molecule has 0 aliphatic carbocycles. The minimum atomic E-state index is -0.633. The lowest BCUT2D eigenvalue weighted by atomic mass is 10.0. The van der Waals surface area contributed by atoms with Crippen LogP contribution in [-0.2, 0) is 17.6 Å². The Morgan fingerprint density at radius 2 is 1.86 bits per heavy atom. The average Bonchev–Trinajstić information content (AvgIpc) is 3.12. The first-order chi connectivity index (χ1) is 18.0. The highest BCUT2D eigenvalue weighted by Crippen LogP contribution is 2.34. The average molecular weight is 500 g/mol. The second-order valence-electron chi connectivity index (χ2n) is 10.3. The van der Waals surface area contributed by atoms with E-state index in [0.717, 1.165) is 29.9 Å². The molecule has 0 saturated carbocycles. The van der Waals surface area contributed by atoms with Gasteiger partial charge in [-0.1, -0.05) is 36.4 Å². The molecule has 5 heterocycles. The molecule has 0 spiro atoms. The number of nitrogens with zero attached hydrogens (tertiary/aromatic N) is 5. The van der Waals surface area contributed by atoms with Gasteiger partial charge >= 0.3 is 0 Å². The molecule has 0 unspecified atom stereocenters. The van der Waals surface area contributed by atoms with Crippen LogP contribution in [0.15, 0.2) is 48.5 Å². The van der Waals surface area contributed by atoms with E-state index in [2.05, 4.69) is 48.5 Å². The Bertz CT molecular complexity index is 1280. The lowest BCUT2D eigenvalue weighted by molar-refractivity contribution is -0.120. The molecule has 7 rings (SSSR count). The predicted molar refractivity (Wildman–Crippen MR) is 142 cm³/mol. The Morgan fingerprint density at radius 3 is 2.68 bits per heavy atom. The third kappa shape index (κ3) is 4.83. The van der Waals surface area contributed by atoms with Gasteiger partial charge in [0.2, 0.25) is 11.7 Å². The first kappa shape index (κ1) is 23.7. The minimum absolute atomic E-state index is 0.0530. The summed E-state index contributed by atoms with van der Waals surface area (Å²) in [5.74, 6) is 0.105. The van der Waals surface area contributed by atoms with E-state index in [1.807, 2.05) is 30.3 Å².